The van der Waals surface area contributed by atoms with Crippen molar-refractivity contribution in [3.63, 3.8) is 0 Å². The average molecular weight is 270 g/mol. The number of likely N-dealkylation sites (tertiary alicyclic amines) is 1. The van der Waals surface area contributed by atoms with Gasteiger partial charge in [0.05, 0.1) is 6.61 Å². The molecule has 19 heavy (non-hydrogen) atoms. The topological polar surface area (TPSA) is 24.5 Å². The van der Waals surface area contributed by atoms with Gasteiger partial charge in [0.25, 0.3) is 0 Å². The minimum atomic E-state index is 0.665. The van der Waals surface area contributed by atoms with Crippen molar-refractivity contribution >= 4 is 0 Å². The molecule has 0 radical (unpaired) electrons. The minimum Gasteiger partial charge on any atom is -0.384 e. The van der Waals surface area contributed by atoms with Crippen LogP contribution in [0.3, 0.4) is 0 Å². The highest BCUT2D eigenvalue weighted by Gasteiger charge is 2.27. The van der Waals surface area contributed by atoms with E-state index in [0.717, 1.165) is 31.5 Å². The van der Waals surface area contributed by atoms with Gasteiger partial charge in [0, 0.05) is 26.2 Å². The van der Waals surface area contributed by atoms with Gasteiger partial charge in [-0.25, -0.2) is 0 Å². The first-order chi connectivity index (χ1) is 9.04. The third-order valence-electron chi connectivity index (χ3n) is 4.10. The number of piperidine rings is 1. The number of nitrogens with zero attached hydrogens (tertiary/aromatic N) is 1. The number of nitrogens with one attached hydrogen (secondary N) is 1. The van der Waals surface area contributed by atoms with E-state index in [-0.39, 0.29) is 0 Å². The van der Waals surface area contributed by atoms with Gasteiger partial charge >= 0.3 is 0 Å². The zero-order chi connectivity index (χ0) is 14.3. The van der Waals surface area contributed by atoms with Gasteiger partial charge in [-0.2, -0.15) is 0 Å². The van der Waals surface area contributed by atoms with Crippen LogP contribution in [0.15, 0.2) is 0 Å². The lowest BCUT2D eigenvalue weighted by molar-refractivity contribution is 0.0542. The number of methoxy groups -OCH3 is 1. The van der Waals surface area contributed by atoms with Crippen LogP contribution in [0.4, 0.5) is 0 Å². The van der Waals surface area contributed by atoms with Gasteiger partial charge in [-0.05, 0) is 43.7 Å². The van der Waals surface area contributed by atoms with Gasteiger partial charge in [-0.15, -0.1) is 0 Å². The summed E-state index contributed by atoms with van der Waals surface area (Å²) in [5.74, 6) is 2.17. The molecule has 1 fully saturated rings. The van der Waals surface area contributed by atoms with Gasteiger partial charge in [0.2, 0.25) is 0 Å². The van der Waals surface area contributed by atoms with E-state index >= 15 is 0 Å². The fourth-order valence-electron chi connectivity index (χ4n) is 3.08. The Labute approximate surface area is 120 Å². The molecule has 2 atom stereocenters. The second-order valence-corrected chi connectivity index (χ2v) is 6.82. The number of hydrogen-bond acceptors (Lipinski definition) is 3. The van der Waals surface area contributed by atoms with Crippen LogP contribution < -0.4 is 5.32 Å². The van der Waals surface area contributed by atoms with Crippen LogP contribution in [0, 0.1) is 17.8 Å². The first-order valence-corrected chi connectivity index (χ1v) is 7.98. The Kier molecular flexibility index (Phi) is 7.96. The maximum absolute atomic E-state index is 5.34. The Bertz CT molecular complexity index is 229. The van der Waals surface area contributed by atoms with E-state index in [1.807, 2.05) is 7.11 Å². The van der Waals surface area contributed by atoms with Gasteiger partial charge in [0.1, 0.15) is 0 Å². The highest BCUT2D eigenvalue weighted by Crippen LogP contribution is 2.21. The van der Waals surface area contributed by atoms with Crippen molar-refractivity contribution in [3.8, 4) is 0 Å². The van der Waals surface area contributed by atoms with E-state index in [0.29, 0.717) is 12.0 Å². The fourth-order valence-corrected chi connectivity index (χ4v) is 3.08. The van der Waals surface area contributed by atoms with E-state index in [9.17, 15) is 0 Å². The third kappa shape index (κ3) is 6.24. The van der Waals surface area contributed by atoms with Crippen LogP contribution in [0.25, 0.3) is 0 Å². The molecule has 0 aliphatic carbocycles. The molecule has 1 heterocycles. The average Bonchev–Trinajstić information content (AvgIpc) is 2.34. The summed E-state index contributed by atoms with van der Waals surface area (Å²) in [6, 6.07) is 0.665. The summed E-state index contributed by atoms with van der Waals surface area (Å²) in [6.07, 6.45) is 2.65. The smallest absolute Gasteiger partial charge is 0.0502 e. The molecule has 0 amide bonds. The molecule has 0 bridgehead atoms. The maximum atomic E-state index is 5.34. The lowest BCUT2D eigenvalue weighted by atomic mass is 9.94. The Morgan fingerprint density at radius 1 is 1.21 bits per heavy atom. The van der Waals surface area contributed by atoms with E-state index in [2.05, 4.69) is 37.9 Å². The highest BCUT2D eigenvalue weighted by molar-refractivity contribution is 4.82. The second-order valence-electron chi connectivity index (χ2n) is 6.82. The molecule has 1 N–H and O–H groups in total. The molecule has 0 aromatic heterocycles. The van der Waals surface area contributed by atoms with Crippen molar-refractivity contribution in [3.05, 3.63) is 0 Å². The summed E-state index contributed by atoms with van der Waals surface area (Å²) < 4.78 is 5.34. The molecule has 1 aliphatic rings. The van der Waals surface area contributed by atoms with Crippen LogP contribution in [0.5, 0.6) is 0 Å². The molecule has 0 spiro atoms. The number of hydrogen-bond donors (Lipinski definition) is 1. The van der Waals surface area contributed by atoms with Crippen molar-refractivity contribution in [2.24, 2.45) is 17.8 Å². The van der Waals surface area contributed by atoms with Crippen molar-refractivity contribution < 1.29 is 4.74 Å². The van der Waals surface area contributed by atoms with Crippen LogP contribution in [-0.2, 0) is 4.74 Å². The fraction of sp³-hybridized carbons (Fsp3) is 1.00. The minimum absolute atomic E-state index is 0.665. The molecule has 1 aliphatic heterocycles. The van der Waals surface area contributed by atoms with Crippen LogP contribution in [0.1, 0.15) is 40.5 Å². The van der Waals surface area contributed by atoms with Gasteiger partial charge < -0.3 is 10.1 Å². The Morgan fingerprint density at radius 2 is 1.95 bits per heavy atom. The molecule has 2 unspecified atom stereocenters. The first kappa shape index (κ1) is 16.9. The van der Waals surface area contributed by atoms with Gasteiger partial charge in [-0.3, -0.25) is 4.90 Å². The molecule has 3 heteroatoms. The summed E-state index contributed by atoms with van der Waals surface area (Å²) in [5, 5.41) is 3.64. The molecule has 0 aromatic rings. The standard InChI is InChI=1S/C16H34N2O/c1-13(2)9-17-10-16(14(3)4)18-8-6-7-15(11-18)12-19-5/h13-17H,6-12H2,1-5H3. The largest absolute Gasteiger partial charge is 0.384 e. The van der Waals surface area contributed by atoms with Crippen LogP contribution >= 0.6 is 0 Å². The Balaban J connectivity index is 2.45. The number of ether oxygens (including phenoxy) is 1. The zero-order valence-corrected chi connectivity index (χ0v) is 13.6. The van der Waals surface area contributed by atoms with Crippen molar-refractivity contribution in [1.29, 1.82) is 0 Å². The lowest BCUT2D eigenvalue weighted by Gasteiger charge is -2.40. The van der Waals surface area contributed by atoms with Crippen LogP contribution in [-0.4, -0.2) is 50.8 Å². The summed E-state index contributed by atoms with van der Waals surface area (Å²) >= 11 is 0. The maximum Gasteiger partial charge on any atom is 0.0502 e. The molecular weight excluding hydrogens is 236 g/mol. The number of rotatable bonds is 8. The lowest BCUT2D eigenvalue weighted by Crippen LogP contribution is -2.50. The molecule has 0 saturated carbocycles. The molecule has 3 nitrogen and oxygen atoms in total. The summed E-state index contributed by atoms with van der Waals surface area (Å²) in [5.41, 5.74) is 0. The quantitative estimate of drug-likeness (QED) is 0.734. The van der Waals surface area contributed by atoms with Crippen molar-refractivity contribution in [1.82, 2.24) is 10.2 Å². The summed E-state index contributed by atoms with van der Waals surface area (Å²) in [6.45, 7) is 14.9. The Hall–Kier alpha value is -0.120. The van der Waals surface area contributed by atoms with Gasteiger partial charge in [0.15, 0.2) is 0 Å². The summed E-state index contributed by atoms with van der Waals surface area (Å²) in [7, 11) is 1.82. The summed E-state index contributed by atoms with van der Waals surface area (Å²) in [4.78, 5) is 2.69. The normalized spacial score (nSPS) is 23.2. The predicted octanol–water partition coefficient (Wildman–Crippen LogP) is 2.62. The molecule has 0 aromatic carbocycles. The van der Waals surface area contributed by atoms with E-state index < -0.39 is 0 Å². The van der Waals surface area contributed by atoms with Crippen LogP contribution in [0.2, 0.25) is 0 Å². The molecular formula is C16H34N2O. The van der Waals surface area contributed by atoms with E-state index in [1.165, 1.54) is 25.9 Å². The van der Waals surface area contributed by atoms with Crippen molar-refractivity contribution in [2.45, 2.75) is 46.6 Å². The molecule has 1 rings (SSSR count). The highest BCUT2D eigenvalue weighted by atomic mass is 16.5. The second kappa shape index (κ2) is 8.93. The van der Waals surface area contributed by atoms with E-state index in [4.69, 9.17) is 4.74 Å². The molecule has 114 valence electrons. The molecule has 1 saturated heterocycles. The van der Waals surface area contributed by atoms with E-state index in [1.54, 1.807) is 0 Å². The first-order valence-electron chi connectivity index (χ1n) is 7.98. The monoisotopic (exact) mass is 270 g/mol. The third-order valence-corrected chi connectivity index (χ3v) is 4.10. The van der Waals surface area contributed by atoms with Gasteiger partial charge in [-0.1, -0.05) is 27.7 Å². The van der Waals surface area contributed by atoms with Crippen molar-refractivity contribution in [2.75, 3.05) is 39.9 Å². The zero-order valence-electron chi connectivity index (χ0n) is 13.6. The Morgan fingerprint density at radius 3 is 2.53 bits per heavy atom. The SMILES string of the molecule is COCC1CCCN(C(CNCC(C)C)C(C)C)C1. The predicted molar refractivity (Wildman–Crippen MR) is 82.5 cm³/mol.